The highest BCUT2D eigenvalue weighted by molar-refractivity contribution is 7.91. The third-order valence-corrected chi connectivity index (χ3v) is 19.7. The fourth-order valence-electron chi connectivity index (χ4n) is 3.61. The Hall–Kier alpha value is -1.91. The number of pyridine rings is 1. The molecule has 0 atom stereocenters. The van der Waals surface area contributed by atoms with Gasteiger partial charge in [-0.1, -0.05) is 80.0 Å². The highest BCUT2D eigenvalue weighted by Gasteiger charge is 2.42. The SMILES string of the molecule is CC(C)(C)CS(=O)(=O)c1cccc(NC(=O)c2ncc(Cl)nc2NC(C)(CO[Si](C)(C)C(C)(C)C)CO[Si](C)(C)C(C)(C)C)n1. The van der Waals surface area contributed by atoms with E-state index in [-0.39, 0.29) is 43.3 Å². The molecule has 0 aromatic carbocycles. The molecule has 0 radical (unpaired) electrons. The number of nitrogens with zero attached hydrogens (tertiary/aromatic N) is 3. The molecule has 0 spiro atoms. The predicted molar refractivity (Wildman–Crippen MR) is 189 cm³/mol. The number of hydrogen-bond donors (Lipinski definition) is 2. The number of rotatable bonds is 12. The van der Waals surface area contributed by atoms with Gasteiger partial charge in [-0.2, -0.15) is 0 Å². The van der Waals surface area contributed by atoms with Crippen molar-refractivity contribution in [1.29, 1.82) is 0 Å². The van der Waals surface area contributed by atoms with Crippen molar-refractivity contribution >= 4 is 55.6 Å². The van der Waals surface area contributed by atoms with Gasteiger partial charge in [-0.05, 0) is 60.7 Å². The lowest BCUT2D eigenvalue weighted by molar-refractivity contribution is 0.102. The van der Waals surface area contributed by atoms with Crippen molar-refractivity contribution in [3.8, 4) is 0 Å². The van der Waals surface area contributed by atoms with E-state index in [1.54, 1.807) is 6.07 Å². The van der Waals surface area contributed by atoms with Crippen LogP contribution in [0.2, 0.25) is 41.4 Å². The molecule has 0 aliphatic carbocycles. The maximum atomic E-state index is 13.6. The summed E-state index contributed by atoms with van der Waals surface area (Å²) in [4.78, 5) is 26.5. The fraction of sp³-hybridized carbons (Fsp3) is 0.677. The molecular weight excluding hydrogens is 646 g/mol. The van der Waals surface area contributed by atoms with Crippen molar-refractivity contribution in [3.63, 3.8) is 0 Å². The van der Waals surface area contributed by atoms with E-state index in [2.05, 4.69) is 93.3 Å². The molecule has 0 saturated heterocycles. The number of aromatic nitrogens is 3. The number of amides is 1. The number of carbonyl (C=O) groups is 1. The van der Waals surface area contributed by atoms with Crippen LogP contribution in [-0.4, -0.2) is 70.4 Å². The summed E-state index contributed by atoms with van der Waals surface area (Å²) in [5.74, 6) is -0.495. The largest absolute Gasteiger partial charge is 0.414 e. The van der Waals surface area contributed by atoms with E-state index in [1.807, 2.05) is 27.7 Å². The molecule has 2 rings (SSSR count). The smallest absolute Gasteiger partial charge is 0.279 e. The molecule has 0 aliphatic rings. The van der Waals surface area contributed by atoms with Crippen LogP contribution in [0.5, 0.6) is 0 Å². The van der Waals surface area contributed by atoms with Gasteiger partial charge >= 0.3 is 0 Å². The first kappa shape index (κ1) is 39.3. The zero-order valence-electron chi connectivity index (χ0n) is 29.6. The zero-order chi connectivity index (χ0) is 34.9. The third-order valence-electron chi connectivity index (χ3n) is 8.40. The minimum absolute atomic E-state index is 0.0169. The van der Waals surface area contributed by atoms with Gasteiger partial charge in [0.1, 0.15) is 11.0 Å². The van der Waals surface area contributed by atoms with Crippen LogP contribution in [0.15, 0.2) is 29.4 Å². The predicted octanol–water partition coefficient (Wildman–Crippen LogP) is 7.81. The first-order valence-electron chi connectivity index (χ1n) is 15.2. The monoisotopic (exact) mass is 699 g/mol. The maximum Gasteiger partial charge on any atom is 0.279 e. The Bertz CT molecular complexity index is 1440. The summed E-state index contributed by atoms with van der Waals surface area (Å²) >= 11 is 6.28. The van der Waals surface area contributed by atoms with Crippen LogP contribution in [-0.2, 0) is 18.7 Å². The lowest BCUT2D eigenvalue weighted by Gasteiger charge is -2.43. The van der Waals surface area contributed by atoms with Crippen molar-refractivity contribution in [2.75, 3.05) is 29.6 Å². The Kier molecular flexibility index (Phi) is 11.9. The van der Waals surface area contributed by atoms with Gasteiger partial charge in [-0.15, -0.1) is 0 Å². The van der Waals surface area contributed by atoms with E-state index in [1.165, 1.54) is 18.3 Å². The van der Waals surface area contributed by atoms with Gasteiger partial charge in [-0.25, -0.2) is 23.4 Å². The molecule has 1 amide bonds. The molecule has 2 heterocycles. The molecule has 2 aromatic rings. The maximum absolute atomic E-state index is 13.6. The molecule has 254 valence electrons. The van der Waals surface area contributed by atoms with Gasteiger partial charge in [0, 0.05) is 0 Å². The average Bonchev–Trinajstić information content (AvgIpc) is 2.84. The number of halogens is 1. The highest BCUT2D eigenvalue weighted by atomic mass is 35.5. The van der Waals surface area contributed by atoms with Gasteiger partial charge in [0.05, 0.1) is 30.7 Å². The van der Waals surface area contributed by atoms with E-state index in [4.69, 9.17) is 20.5 Å². The first-order valence-corrected chi connectivity index (χ1v) is 23.0. The summed E-state index contributed by atoms with van der Waals surface area (Å²) in [5.41, 5.74) is -1.30. The van der Waals surface area contributed by atoms with Gasteiger partial charge < -0.3 is 19.5 Å². The lowest BCUT2D eigenvalue weighted by atomic mass is 10.0. The van der Waals surface area contributed by atoms with Gasteiger partial charge in [-0.3, -0.25) is 4.79 Å². The van der Waals surface area contributed by atoms with E-state index < -0.39 is 43.3 Å². The molecule has 2 aromatic heterocycles. The van der Waals surface area contributed by atoms with Crippen LogP contribution >= 0.6 is 11.6 Å². The molecule has 10 nitrogen and oxygen atoms in total. The Morgan fingerprint density at radius 3 is 1.84 bits per heavy atom. The van der Waals surface area contributed by atoms with Crippen molar-refractivity contribution in [3.05, 3.63) is 35.2 Å². The normalized spacial score (nSPS) is 13.9. The van der Waals surface area contributed by atoms with E-state index in [0.717, 1.165) is 0 Å². The number of hydrogen-bond acceptors (Lipinski definition) is 9. The molecular formula is C31H54ClN5O5SSi2. The van der Waals surface area contributed by atoms with E-state index in [9.17, 15) is 13.2 Å². The van der Waals surface area contributed by atoms with Crippen LogP contribution in [0, 0.1) is 5.41 Å². The quantitative estimate of drug-likeness (QED) is 0.213. The fourth-order valence-corrected chi connectivity index (χ4v) is 7.78. The summed E-state index contributed by atoms with van der Waals surface area (Å²) in [6.07, 6.45) is 1.29. The minimum atomic E-state index is -3.68. The molecule has 0 unspecified atom stereocenters. The highest BCUT2D eigenvalue weighted by Crippen LogP contribution is 2.39. The van der Waals surface area contributed by atoms with Crippen LogP contribution in [0.25, 0.3) is 0 Å². The molecule has 2 N–H and O–H groups in total. The minimum Gasteiger partial charge on any atom is -0.414 e. The van der Waals surface area contributed by atoms with Crippen LogP contribution in [0.4, 0.5) is 11.6 Å². The van der Waals surface area contributed by atoms with Crippen molar-refractivity contribution in [1.82, 2.24) is 15.0 Å². The van der Waals surface area contributed by atoms with Crippen molar-refractivity contribution in [2.24, 2.45) is 5.41 Å². The second-order valence-corrected chi connectivity index (χ2v) is 28.3. The number of anilines is 2. The summed E-state index contributed by atoms with van der Waals surface area (Å²) in [7, 11) is -8.00. The summed E-state index contributed by atoms with van der Waals surface area (Å²) in [5, 5.41) is 6.03. The second-order valence-electron chi connectivity index (χ2n) is 16.3. The Balaban J connectivity index is 2.46. The van der Waals surface area contributed by atoms with Crippen molar-refractivity contribution < 1.29 is 22.1 Å². The number of carbonyl (C=O) groups excluding carboxylic acids is 1. The lowest BCUT2D eigenvalue weighted by Crippen LogP contribution is -2.53. The van der Waals surface area contributed by atoms with Crippen LogP contribution in [0.3, 0.4) is 0 Å². The summed E-state index contributed by atoms with van der Waals surface area (Å²) in [6.45, 7) is 29.9. The molecule has 0 aliphatic heterocycles. The van der Waals surface area contributed by atoms with Gasteiger partial charge in [0.25, 0.3) is 5.91 Å². The zero-order valence-corrected chi connectivity index (χ0v) is 33.2. The standard InChI is InChI=1S/C31H54ClN5O5SSi2/c1-28(2,3)21-43(39,40)24-17-15-16-23(35-24)36-27(38)25-26(34-22(32)18-33-25)37-31(10,19-41-44(11,12)29(4,5)6)20-42-45(13,14)30(7,8)9/h15-18H,19-21H2,1-14H3,(H,34,37)(H,35,36,38). The number of nitrogens with one attached hydrogen (secondary N) is 2. The molecule has 0 bridgehead atoms. The van der Waals surface area contributed by atoms with Gasteiger partial charge in [0.15, 0.2) is 43.0 Å². The first-order chi connectivity index (χ1) is 20.1. The number of sulfone groups is 1. The summed E-state index contributed by atoms with van der Waals surface area (Å²) in [6, 6.07) is 4.48. The third kappa shape index (κ3) is 11.1. The van der Waals surface area contributed by atoms with E-state index >= 15 is 0 Å². The second kappa shape index (κ2) is 13.7. The Morgan fingerprint density at radius 2 is 1.38 bits per heavy atom. The van der Waals surface area contributed by atoms with Crippen LogP contribution in [0.1, 0.15) is 79.7 Å². The average molecular weight is 700 g/mol. The van der Waals surface area contributed by atoms with Crippen LogP contribution < -0.4 is 10.6 Å². The molecule has 0 saturated carbocycles. The van der Waals surface area contributed by atoms with Crippen molar-refractivity contribution in [2.45, 2.75) is 116 Å². The van der Waals surface area contributed by atoms with E-state index in [0.29, 0.717) is 13.2 Å². The summed E-state index contributed by atoms with van der Waals surface area (Å²) < 4.78 is 39.2. The molecule has 45 heavy (non-hydrogen) atoms. The molecule has 14 heteroatoms. The topological polar surface area (TPSA) is 132 Å². The molecule has 0 fully saturated rings. The Labute approximate surface area is 278 Å². The Morgan fingerprint density at radius 1 is 0.867 bits per heavy atom. The van der Waals surface area contributed by atoms with Gasteiger partial charge in [0.2, 0.25) is 0 Å².